The highest BCUT2D eigenvalue weighted by molar-refractivity contribution is 5.21. The van der Waals surface area contributed by atoms with E-state index < -0.39 is 0 Å². The minimum absolute atomic E-state index is 0.116. The SMILES string of the molecule is Cn1cncc1C(NN)C1=CCCCCC1. The highest BCUT2D eigenvalue weighted by atomic mass is 15.2. The number of allylic oxidation sites excluding steroid dienone is 1. The van der Waals surface area contributed by atoms with E-state index in [-0.39, 0.29) is 6.04 Å². The van der Waals surface area contributed by atoms with Crippen molar-refractivity contribution in [3.63, 3.8) is 0 Å². The number of imidazole rings is 1. The monoisotopic (exact) mass is 220 g/mol. The lowest BCUT2D eigenvalue weighted by molar-refractivity contribution is 0.563. The number of nitrogens with zero attached hydrogens (tertiary/aromatic N) is 2. The molecule has 16 heavy (non-hydrogen) atoms. The molecule has 4 nitrogen and oxygen atoms in total. The van der Waals surface area contributed by atoms with Gasteiger partial charge in [0, 0.05) is 7.05 Å². The van der Waals surface area contributed by atoms with Crippen molar-refractivity contribution >= 4 is 0 Å². The van der Waals surface area contributed by atoms with Crippen molar-refractivity contribution < 1.29 is 0 Å². The van der Waals surface area contributed by atoms with Gasteiger partial charge >= 0.3 is 0 Å². The van der Waals surface area contributed by atoms with Crippen LogP contribution in [0.3, 0.4) is 0 Å². The summed E-state index contributed by atoms with van der Waals surface area (Å²) in [5, 5.41) is 0. The second-order valence-corrected chi connectivity index (χ2v) is 4.41. The third-order valence-corrected chi connectivity index (χ3v) is 3.26. The van der Waals surface area contributed by atoms with E-state index in [1.54, 1.807) is 0 Å². The Morgan fingerprint density at radius 1 is 1.44 bits per heavy atom. The van der Waals surface area contributed by atoms with Crippen molar-refractivity contribution in [2.75, 3.05) is 0 Å². The number of nitrogens with two attached hydrogens (primary N) is 1. The first-order valence-electron chi connectivity index (χ1n) is 5.94. The predicted octanol–water partition coefficient (Wildman–Crippen LogP) is 1.81. The Morgan fingerprint density at radius 2 is 2.31 bits per heavy atom. The van der Waals surface area contributed by atoms with Crippen LogP contribution in [-0.2, 0) is 7.05 Å². The topological polar surface area (TPSA) is 55.9 Å². The zero-order valence-corrected chi connectivity index (χ0v) is 9.82. The minimum atomic E-state index is 0.116. The van der Waals surface area contributed by atoms with Gasteiger partial charge in [0.1, 0.15) is 0 Å². The van der Waals surface area contributed by atoms with Crippen LogP contribution in [0.4, 0.5) is 0 Å². The molecule has 1 aromatic rings. The van der Waals surface area contributed by atoms with Crippen molar-refractivity contribution in [1.82, 2.24) is 15.0 Å². The third kappa shape index (κ3) is 2.33. The van der Waals surface area contributed by atoms with Crippen molar-refractivity contribution in [2.45, 2.75) is 38.1 Å². The first-order chi connectivity index (χ1) is 7.83. The number of rotatable bonds is 3. The van der Waals surface area contributed by atoms with Crippen molar-refractivity contribution in [3.05, 3.63) is 29.9 Å². The first-order valence-corrected chi connectivity index (χ1v) is 5.94. The molecule has 1 aromatic heterocycles. The maximum Gasteiger partial charge on any atom is 0.0946 e. The summed E-state index contributed by atoms with van der Waals surface area (Å²) < 4.78 is 2.02. The van der Waals surface area contributed by atoms with Crippen molar-refractivity contribution in [1.29, 1.82) is 0 Å². The first kappa shape index (κ1) is 11.4. The van der Waals surface area contributed by atoms with E-state index in [0.29, 0.717) is 0 Å². The Bertz CT molecular complexity index is 367. The summed E-state index contributed by atoms with van der Waals surface area (Å²) in [6.07, 6.45) is 12.2. The van der Waals surface area contributed by atoms with Gasteiger partial charge < -0.3 is 4.57 Å². The number of aromatic nitrogens is 2. The fraction of sp³-hybridized carbons (Fsp3) is 0.583. The molecule has 0 fully saturated rings. The normalized spacial score (nSPS) is 19.0. The number of hydrazine groups is 1. The van der Waals surface area contributed by atoms with Gasteiger partial charge in [0.15, 0.2) is 0 Å². The number of hydrogen-bond acceptors (Lipinski definition) is 3. The lowest BCUT2D eigenvalue weighted by Gasteiger charge is -2.19. The lowest BCUT2D eigenvalue weighted by Crippen LogP contribution is -2.30. The summed E-state index contributed by atoms with van der Waals surface area (Å²) >= 11 is 0. The average Bonchev–Trinajstić information content (AvgIpc) is 2.57. The molecule has 0 radical (unpaired) electrons. The van der Waals surface area contributed by atoms with E-state index in [2.05, 4.69) is 16.5 Å². The lowest BCUT2D eigenvalue weighted by atomic mass is 10.00. The quantitative estimate of drug-likeness (QED) is 0.464. The van der Waals surface area contributed by atoms with Gasteiger partial charge in [0.05, 0.1) is 24.3 Å². The summed E-state index contributed by atoms with van der Waals surface area (Å²) in [5.74, 6) is 5.68. The maximum absolute atomic E-state index is 5.68. The molecule has 0 spiro atoms. The molecule has 88 valence electrons. The van der Waals surface area contributed by atoms with Crippen LogP contribution < -0.4 is 11.3 Å². The summed E-state index contributed by atoms with van der Waals surface area (Å²) in [4.78, 5) is 4.15. The van der Waals surface area contributed by atoms with E-state index >= 15 is 0 Å². The highest BCUT2D eigenvalue weighted by Gasteiger charge is 2.18. The summed E-state index contributed by atoms with van der Waals surface area (Å²) in [6, 6.07) is 0.116. The maximum atomic E-state index is 5.68. The smallest absolute Gasteiger partial charge is 0.0946 e. The average molecular weight is 220 g/mol. The largest absolute Gasteiger partial charge is 0.336 e. The summed E-state index contributed by atoms with van der Waals surface area (Å²) in [7, 11) is 2.00. The molecule has 3 N–H and O–H groups in total. The van der Waals surface area contributed by atoms with Gasteiger partial charge in [-0.05, 0) is 25.7 Å². The van der Waals surface area contributed by atoms with Gasteiger partial charge in [-0.1, -0.05) is 18.1 Å². The predicted molar refractivity (Wildman–Crippen MR) is 64.4 cm³/mol. The second-order valence-electron chi connectivity index (χ2n) is 4.41. The number of aryl methyl sites for hydroxylation is 1. The van der Waals surface area contributed by atoms with Gasteiger partial charge in [-0.25, -0.2) is 10.4 Å². The standard InChI is InChI=1S/C12H20N4/c1-16-9-14-8-11(16)12(15-13)10-6-4-2-3-5-7-10/h6,8-9,12,15H,2-5,7,13H2,1H3. The molecule has 4 heteroatoms. The van der Waals surface area contributed by atoms with Crippen molar-refractivity contribution in [3.8, 4) is 0 Å². The fourth-order valence-corrected chi connectivity index (χ4v) is 2.33. The molecule has 1 heterocycles. The number of nitrogens with one attached hydrogen (secondary N) is 1. The van der Waals surface area contributed by atoms with Gasteiger partial charge in [0.25, 0.3) is 0 Å². The van der Waals surface area contributed by atoms with Gasteiger partial charge in [-0.3, -0.25) is 5.84 Å². The molecule has 0 bridgehead atoms. The molecule has 0 aromatic carbocycles. The Kier molecular flexibility index (Phi) is 3.74. The Morgan fingerprint density at radius 3 is 3.00 bits per heavy atom. The van der Waals surface area contributed by atoms with Crippen LogP contribution in [0.15, 0.2) is 24.2 Å². The van der Waals surface area contributed by atoms with Crippen LogP contribution in [0.5, 0.6) is 0 Å². The van der Waals surface area contributed by atoms with Crippen LogP contribution >= 0.6 is 0 Å². The van der Waals surface area contributed by atoms with Gasteiger partial charge in [-0.2, -0.15) is 0 Å². The zero-order chi connectivity index (χ0) is 11.4. The van der Waals surface area contributed by atoms with E-state index in [9.17, 15) is 0 Å². The van der Waals surface area contributed by atoms with Crippen LogP contribution in [-0.4, -0.2) is 9.55 Å². The molecule has 1 atom stereocenters. The molecule has 1 unspecified atom stereocenters. The Balaban J connectivity index is 2.21. The number of hydrogen-bond donors (Lipinski definition) is 2. The van der Waals surface area contributed by atoms with E-state index in [0.717, 1.165) is 12.1 Å². The summed E-state index contributed by atoms with van der Waals surface area (Å²) in [6.45, 7) is 0. The van der Waals surface area contributed by atoms with Gasteiger partial charge in [-0.15, -0.1) is 0 Å². The summed E-state index contributed by atoms with van der Waals surface area (Å²) in [5.41, 5.74) is 5.45. The Labute approximate surface area is 96.5 Å². The molecule has 1 aliphatic rings. The van der Waals surface area contributed by atoms with Crippen LogP contribution in [0.2, 0.25) is 0 Å². The van der Waals surface area contributed by atoms with Gasteiger partial charge in [0.2, 0.25) is 0 Å². The van der Waals surface area contributed by atoms with Crippen molar-refractivity contribution in [2.24, 2.45) is 12.9 Å². The molecule has 0 aliphatic heterocycles. The molecule has 1 aliphatic carbocycles. The van der Waals surface area contributed by atoms with E-state index in [4.69, 9.17) is 5.84 Å². The molecular formula is C12H20N4. The minimum Gasteiger partial charge on any atom is -0.336 e. The second kappa shape index (κ2) is 5.27. The zero-order valence-electron chi connectivity index (χ0n) is 9.82. The van der Waals surface area contributed by atoms with E-state index in [1.165, 1.54) is 31.3 Å². The molecule has 0 amide bonds. The molecular weight excluding hydrogens is 200 g/mol. The molecule has 0 saturated heterocycles. The van der Waals surface area contributed by atoms with Crippen LogP contribution in [0, 0.1) is 0 Å². The Hall–Kier alpha value is -1.13. The third-order valence-electron chi connectivity index (χ3n) is 3.26. The van der Waals surface area contributed by atoms with Crippen LogP contribution in [0.1, 0.15) is 43.8 Å². The van der Waals surface area contributed by atoms with Crippen LogP contribution in [0.25, 0.3) is 0 Å². The fourth-order valence-electron chi connectivity index (χ4n) is 2.33. The highest BCUT2D eigenvalue weighted by Crippen LogP contribution is 2.28. The van der Waals surface area contributed by atoms with E-state index in [1.807, 2.05) is 24.1 Å². The molecule has 2 rings (SSSR count). The molecule has 0 saturated carbocycles.